The number of carbonyl (C=O) groups is 1. The van der Waals surface area contributed by atoms with Crippen molar-refractivity contribution in [2.75, 3.05) is 32.8 Å². The summed E-state index contributed by atoms with van der Waals surface area (Å²) >= 11 is 0. The van der Waals surface area contributed by atoms with Crippen LogP contribution in [0.25, 0.3) is 0 Å². The lowest BCUT2D eigenvalue weighted by Gasteiger charge is -2.48. The molecule has 1 N–H and O–H groups in total. The zero-order valence-corrected chi connectivity index (χ0v) is 13.5. The van der Waals surface area contributed by atoms with Gasteiger partial charge in [-0.05, 0) is 19.3 Å². The number of hydrogen-bond donors (Lipinski definition) is 1. The predicted molar refractivity (Wildman–Crippen MR) is 83.4 cm³/mol. The van der Waals surface area contributed by atoms with E-state index < -0.39 is 0 Å². The van der Waals surface area contributed by atoms with Crippen LogP contribution in [0.15, 0.2) is 0 Å². The molecule has 0 aromatic carbocycles. The van der Waals surface area contributed by atoms with Crippen LogP contribution in [0.5, 0.6) is 0 Å². The Balaban J connectivity index is 0.00000200. The minimum atomic E-state index is 0. The van der Waals surface area contributed by atoms with Gasteiger partial charge in [0.05, 0.1) is 13.2 Å². The Morgan fingerprint density at radius 1 is 1.20 bits per heavy atom. The van der Waals surface area contributed by atoms with Gasteiger partial charge in [0.2, 0.25) is 5.91 Å². The molecule has 118 valence electrons. The third kappa shape index (κ3) is 4.61. The highest BCUT2D eigenvalue weighted by Crippen LogP contribution is 2.33. The standard InChI is InChI=1S/C15H28N2O2.ClH/c1-2-6-14(18)16-13-15(7-4-3-5-8-15)17-9-11-19-12-10-17;/h2-13H2,1H3,(H,16,18);1H. The average molecular weight is 305 g/mol. The lowest BCUT2D eigenvalue weighted by molar-refractivity contribution is -0.122. The number of amides is 1. The summed E-state index contributed by atoms with van der Waals surface area (Å²) < 4.78 is 5.47. The number of nitrogens with zero attached hydrogens (tertiary/aromatic N) is 1. The highest BCUT2D eigenvalue weighted by Gasteiger charge is 2.38. The van der Waals surface area contributed by atoms with Gasteiger partial charge in [-0.25, -0.2) is 0 Å². The summed E-state index contributed by atoms with van der Waals surface area (Å²) in [6.45, 7) is 6.59. The zero-order chi connectivity index (χ0) is 13.6. The van der Waals surface area contributed by atoms with Gasteiger partial charge in [-0.3, -0.25) is 9.69 Å². The molecule has 1 saturated heterocycles. The Hall–Kier alpha value is -0.320. The van der Waals surface area contributed by atoms with Gasteiger partial charge in [0, 0.05) is 31.6 Å². The molecule has 0 unspecified atom stereocenters. The molecular formula is C15H29ClN2O2. The Kier molecular flexibility index (Phi) is 7.85. The molecule has 0 radical (unpaired) electrons. The van der Waals surface area contributed by atoms with Crippen molar-refractivity contribution in [3.63, 3.8) is 0 Å². The number of morpholine rings is 1. The predicted octanol–water partition coefficient (Wildman–Crippen LogP) is 2.36. The molecule has 1 amide bonds. The van der Waals surface area contributed by atoms with Gasteiger partial charge >= 0.3 is 0 Å². The van der Waals surface area contributed by atoms with Crippen LogP contribution in [0.1, 0.15) is 51.9 Å². The summed E-state index contributed by atoms with van der Waals surface area (Å²) in [4.78, 5) is 14.3. The second kappa shape index (κ2) is 8.85. The molecule has 2 rings (SSSR count). The SMILES string of the molecule is CCCC(=O)NCC1(N2CCOCC2)CCCCC1.Cl. The van der Waals surface area contributed by atoms with E-state index in [-0.39, 0.29) is 23.9 Å². The highest BCUT2D eigenvalue weighted by atomic mass is 35.5. The van der Waals surface area contributed by atoms with E-state index in [1.165, 1.54) is 32.1 Å². The Bertz CT molecular complexity index is 288. The number of halogens is 1. The maximum Gasteiger partial charge on any atom is 0.220 e. The van der Waals surface area contributed by atoms with E-state index in [4.69, 9.17) is 4.74 Å². The molecule has 2 fully saturated rings. The second-order valence-electron chi connectivity index (χ2n) is 5.91. The van der Waals surface area contributed by atoms with Crippen LogP contribution >= 0.6 is 12.4 Å². The number of ether oxygens (including phenoxy) is 1. The van der Waals surface area contributed by atoms with Crippen molar-refractivity contribution in [2.45, 2.75) is 57.4 Å². The molecule has 1 saturated carbocycles. The first kappa shape index (κ1) is 17.7. The number of carbonyl (C=O) groups excluding carboxylic acids is 1. The summed E-state index contributed by atoms with van der Waals surface area (Å²) in [5, 5.41) is 3.17. The van der Waals surface area contributed by atoms with E-state index in [9.17, 15) is 4.79 Å². The maximum atomic E-state index is 11.8. The Morgan fingerprint density at radius 3 is 2.45 bits per heavy atom. The van der Waals surface area contributed by atoms with Crippen LogP contribution < -0.4 is 5.32 Å². The zero-order valence-electron chi connectivity index (χ0n) is 12.7. The van der Waals surface area contributed by atoms with E-state index in [0.29, 0.717) is 6.42 Å². The summed E-state index contributed by atoms with van der Waals surface area (Å²) in [6.07, 6.45) is 7.95. The fourth-order valence-electron chi connectivity index (χ4n) is 3.43. The normalized spacial score (nSPS) is 22.9. The summed E-state index contributed by atoms with van der Waals surface area (Å²) in [5.41, 5.74) is 0.200. The Morgan fingerprint density at radius 2 is 1.85 bits per heavy atom. The van der Waals surface area contributed by atoms with Crippen LogP contribution in [-0.2, 0) is 9.53 Å². The van der Waals surface area contributed by atoms with E-state index in [1.807, 2.05) is 0 Å². The molecule has 0 bridgehead atoms. The van der Waals surface area contributed by atoms with Crippen LogP contribution in [0.4, 0.5) is 0 Å². The van der Waals surface area contributed by atoms with Crippen molar-refractivity contribution in [1.82, 2.24) is 10.2 Å². The quantitative estimate of drug-likeness (QED) is 0.848. The molecule has 20 heavy (non-hydrogen) atoms. The summed E-state index contributed by atoms with van der Waals surface area (Å²) in [6, 6.07) is 0. The second-order valence-corrected chi connectivity index (χ2v) is 5.91. The lowest BCUT2D eigenvalue weighted by Crippen LogP contribution is -2.59. The highest BCUT2D eigenvalue weighted by molar-refractivity contribution is 5.85. The van der Waals surface area contributed by atoms with Gasteiger partial charge in [0.15, 0.2) is 0 Å². The van der Waals surface area contributed by atoms with Gasteiger partial charge in [-0.2, -0.15) is 0 Å². The number of rotatable bonds is 5. The number of hydrogen-bond acceptors (Lipinski definition) is 3. The van der Waals surface area contributed by atoms with Crippen molar-refractivity contribution in [3.8, 4) is 0 Å². The maximum absolute atomic E-state index is 11.8. The van der Waals surface area contributed by atoms with E-state index >= 15 is 0 Å². The Labute approximate surface area is 129 Å². The first-order chi connectivity index (χ1) is 9.27. The van der Waals surface area contributed by atoms with Crippen molar-refractivity contribution < 1.29 is 9.53 Å². The monoisotopic (exact) mass is 304 g/mol. The molecule has 1 aliphatic heterocycles. The van der Waals surface area contributed by atoms with Crippen molar-refractivity contribution in [2.24, 2.45) is 0 Å². The van der Waals surface area contributed by atoms with Gasteiger partial charge in [-0.15, -0.1) is 12.4 Å². The summed E-state index contributed by atoms with van der Waals surface area (Å²) in [7, 11) is 0. The van der Waals surface area contributed by atoms with Gasteiger partial charge in [-0.1, -0.05) is 26.2 Å². The van der Waals surface area contributed by atoms with Crippen LogP contribution in [-0.4, -0.2) is 49.2 Å². The molecule has 2 aliphatic rings. The lowest BCUT2D eigenvalue weighted by atomic mass is 9.79. The third-order valence-electron chi connectivity index (χ3n) is 4.56. The molecule has 0 aromatic rings. The van der Waals surface area contributed by atoms with Crippen LogP contribution in [0.2, 0.25) is 0 Å². The average Bonchev–Trinajstić information content (AvgIpc) is 2.47. The van der Waals surface area contributed by atoms with Crippen LogP contribution in [0, 0.1) is 0 Å². The number of nitrogens with one attached hydrogen (secondary N) is 1. The summed E-state index contributed by atoms with van der Waals surface area (Å²) in [5.74, 6) is 0.209. The van der Waals surface area contributed by atoms with Crippen molar-refractivity contribution in [3.05, 3.63) is 0 Å². The molecular weight excluding hydrogens is 276 g/mol. The molecule has 1 heterocycles. The van der Waals surface area contributed by atoms with E-state index in [2.05, 4.69) is 17.1 Å². The van der Waals surface area contributed by atoms with E-state index in [0.717, 1.165) is 39.3 Å². The van der Waals surface area contributed by atoms with Gasteiger partial charge < -0.3 is 10.1 Å². The van der Waals surface area contributed by atoms with Crippen LogP contribution in [0.3, 0.4) is 0 Å². The topological polar surface area (TPSA) is 41.6 Å². The molecule has 0 spiro atoms. The third-order valence-corrected chi connectivity index (χ3v) is 4.56. The molecule has 4 nitrogen and oxygen atoms in total. The fourth-order valence-corrected chi connectivity index (χ4v) is 3.43. The van der Waals surface area contributed by atoms with Crippen molar-refractivity contribution in [1.29, 1.82) is 0 Å². The molecule has 0 aromatic heterocycles. The van der Waals surface area contributed by atoms with E-state index in [1.54, 1.807) is 0 Å². The molecule has 5 heteroatoms. The van der Waals surface area contributed by atoms with Gasteiger partial charge in [0.1, 0.15) is 0 Å². The minimum absolute atomic E-state index is 0. The fraction of sp³-hybridized carbons (Fsp3) is 0.933. The van der Waals surface area contributed by atoms with Crippen molar-refractivity contribution >= 4 is 18.3 Å². The first-order valence-corrected chi connectivity index (χ1v) is 7.86. The molecule has 1 aliphatic carbocycles. The van der Waals surface area contributed by atoms with Gasteiger partial charge in [0.25, 0.3) is 0 Å². The minimum Gasteiger partial charge on any atom is -0.379 e. The molecule has 0 atom stereocenters. The smallest absolute Gasteiger partial charge is 0.220 e. The first-order valence-electron chi connectivity index (χ1n) is 7.86. The largest absolute Gasteiger partial charge is 0.379 e.